The first-order valence-electron chi connectivity index (χ1n) is 10.3. The third kappa shape index (κ3) is 9.07. The first-order valence-corrected chi connectivity index (χ1v) is 12.3. The number of hydrogen-bond donors (Lipinski definition) is 0. The summed E-state index contributed by atoms with van der Waals surface area (Å²) in [5, 5.41) is 0. The zero-order valence-corrected chi connectivity index (χ0v) is 21.1. The second-order valence-corrected chi connectivity index (χ2v) is 10.00. The van der Waals surface area contributed by atoms with Crippen molar-refractivity contribution < 1.29 is 24.8 Å². The van der Waals surface area contributed by atoms with Crippen LogP contribution in [0, 0.1) is 13.8 Å². The predicted molar refractivity (Wildman–Crippen MR) is 142 cm³/mol. The number of aryl methyl sites for hydroxylation is 2. The van der Waals surface area contributed by atoms with Crippen LogP contribution in [0.15, 0.2) is 117 Å². The Morgan fingerprint density at radius 3 is 1.26 bits per heavy atom. The molecule has 0 spiro atoms. The Bertz CT molecular complexity index is 1220. The Kier molecular flexibility index (Phi) is 12.6. The van der Waals surface area contributed by atoms with E-state index in [1.54, 1.807) is 36.0 Å². The van der Waals surface area contributed by atoms with Gasteiger partial charge in [-0.1, -0.05) is 71.4 Å². The van der Waals surface area contributed by atoms with Crippen molar-refractivity contribution in [3.05, 3.63) is 119 Å². The fourth-order valence-electron chi connectivity index (χ4n) is 2.82. The molecule has 1 unspecified atom stereocenters. The zero-order chi connectivity index (χ0) is 23.6. The first-order chi connectivity index (χ1) is 16.0. The van der Waals surface area contributed by atoms with E-state index in [1.807, 2.05) is 55.5 Å². The first kappa shape index (κ1) is 29.7. The molecule has 0 aromatic heterocycles. The number of hydrogen-bond acceptors (Lipinski definition) is 4. The molecule has 5 nitrogen and oxygen atoms in total. The van der Waals surface area contributed by atoms with Crippen LogP contribution in [0.1, 0.15) is 31.8 Å². The van der Waals surface area contributed by atoms with E-state index in [1.165, 1.54) is 10.5 Å². The molecule has 0 fully saturated rings. The second kappa shape index (κ2) is 14.8. The zero-order valence-electron chi connectivity index (χ0n) is 19.4. The number of rotatable bonds is 6. The van der Waals surface area contributed by atoms with E-state index in [0.717, 1.165) is 27.9 Å². The van der Waals surface area contributed by atoms with E-state index in [2.05, 4.69) is 31.2 Å². The fourth-order valence-corrected chi connectivity index (χ4v) is 4.68. The van der Waals surface area contributed by atoms with Gasteiger partial charge in [-0.25, -0.2) is 4.21 Å². The molecule has 4 rings (SSSR count). The van der Waals surface area contributed by atoms with Gasteiger partial charge in [0.05, 0.1) is 10.8 Å². The molecule has 1 atom stereocenters. The highest BCUT2D eigenvalue weighted by molar-refractivity contribution is 7.99. The minimum Gasteiger partial charge on any atom is -0.412 e. The third-order valence-corrected chi connectivity index (χ3v) is 7.15. The van der Waals surface area contributed by atoms with Crippen molar-refractivity contribution in [3.63, 3.8) is 0 Å². The van der Waals surface area contributed by atoms with Gasteiger partial charge < -0.3 is 11.0 Å². The molecule has 4 aromatic carbocycles. The summed E-state index contributed by atoms with van der Waals surface area (Å²) < 4.78 is 12.2. The Morgan fingerprint density at radius 2 is 0.857 bits per heavy atom. The normalized spacial score (nSPS) is 10.5. The summed E-state index contributed by atoms with van der Waals surface area (Å²) in [5.74, 6) is 0. The average molecular weight is 509 g/mol. The van der Waals surface area contributed by atoms with Crippen LogP contribution in [0.5, 0.6) is 0 Å². The van der Waals surface area contributed by atoms with Crippen molar-refractivity contribution in [1.29, 1.82) is 0 Å². The maximum absolute atomic E-state index is 12.2. The molecular weight excluding hydrogens is 480 g/mol. The van der Waals surface area contributed by atoms with Crippen molar-refractivity contribution >= 4 is 35.1 Å². The average Bonchev–Trinajstić information content (AvgIpc) is 2.86. The molecule has 0 aliphatic rings. The molecule has 0 amide bonds. The number of benzene rings is 4. The van der Waals surface area contributed by atoms with Gasteiger partial charge in [0.15, 0.2) is 0 Å². The fraction of sp³-hybridized carbons (Fsp3) is 0.0714. The molecule has 182 valence electrons. The molecule has 0 saturated carbocycles. The molecule has 0 radical (unpaired) electrons. The summed E-state index contributed by atoms with van der Waals surface area (Å²) in [7, 11) is -1.18. The third-order valence-electron chi connectivity index (χ3n) is 4.74. The standard InChI is InChI=1S/C14H12O2S.C14H12OS.2H2O/c1-11-2-6-13(7-3-11)17(16)14-8-4-12(10-15)5-9-14;1-11-2-6-13(7-3-11)16-14-8-4-12(10-15)5-9-14;;/h2-10H,1H3;2-10H,1H3;2*1H2. The van der Waals surface area contributed by atoms with E-state index in [0.29, 0.717) is 16.0 Å². The lowest BCUT2D eigenvalue weighted by Gasteiger charge is -2.03. The van der Waals surface area contributed by atoms with Crippen LogP contribution >= 0.6 is 11.8 Å². The van der Waals surface area contributed by atoms with Crippen LogP contribution in [0.3, 0.4) is 0 Å². The van der Waals surface area contributed by atoms with Gasteiger partial charge in [0, 0.05) is 30.7 Å². The molecule has 4 aromatic rings. The Hall–Kier alpha value is -3.36. The van der Waals surface area contributed by atoms with Gasteiger partial charge in [0.2, 0.25) is 0 Å². The Labute approximate surface area is 212 Å². The maximum atomic E-state index is 12.2. The lowest BCUT2D eigenvalue weighted by atomic mass is 10.2. The smallest absolute Gasteiger partial charge is 0.150 e. The van der Waals surface area contributed by atoms with E-state index in [-0.39, 0.29) is 11.0 Å². The van der Waals surface area contributed by atoms with E-state index >= 15 is 0 Å². The van der Waals surface area contributed by atoms with Crippen LogP contribution < -0.4 is 0 Å². The van der Waals surface area contributed by atoms with Crippen molar-refractivity contribution in [2.24, 2.45) is 0 Å². The molecule has 0 bridgehead atoms. The van der Waals surface area contributed by atoms with Gasteiger partial charge >= 0.3 is 0 Å². The van der Waals surface area contributed by atoms with Gasteiger partial charge in [-0.05, 0) is 62.4 Å². The summed E-state index contributed by atoms with van der Waals surface area (Å²) in [4.78, 5) is 24.9. The van der Waals surface area contributed by atoms with Crippen molar-refractivity contribution in [1.82, 2.24) is 0 Å². The minimum atomic E-state index is -1.18. The molecule has 0 aliphatic heterocycles. The summed E-state index contributed by atoms with van der Waals surface area (Å²) in [6, 6.07) is 30.4. The molecule has 4 N–H and O–H groups in total. The summed E-state index contributed by atoms with van der Waals surface area (Å²) in [5.41, 5.74) is 3.71. The van der Waals surface area contributed by atoms with Gasteiger partial charge in [-0.15, -0.1) is 0 Å². The summed E-state index contributed by atoms with van der Waals surface area (Å²) in [6.07, 6.45) is 1.64. The molecular formula is C28H28O5S2. The quantitative estimate of drug-likeness (QED) is 0.329. The van der Waals surface area contributed by atoms with Gasteiger partial charge in [-0.2, -0.15) is 0 Å². The molecule has 35 heavy (non-hydrogen) atoms. The van der Waals surface area contributed by atoms with Crippen LogP contribution in [0.2, 0.25) is 0 Å². The SMILES string of the molecule is Cc1ccc(S(=O)c2ccc(C=O)cc2)cc1.Cc1ccc(Sc2ccc(C=O)cc2)cc1.O.O. The highest BCUT2D eigenvalue weighted by atomic mass is 32.2. The number of carbonyl (C=O) groups is 2. The maximum Gasteiger partial charge on any atom is 0.150 e. The lowest BCUT2D eigenvalue weighted by Crippen LogP contribution is -1.93. The van der Waals surface area contributed by atoms with Crippen LogP contribution in [0.25, 0.3) is 0 Å². The number of carbonyl (C=O) groups excluding carboxylic acids is 2. The number of aldehydes is 2. The van der Waals surface area contributed by atoms with Crippen LogP contribution in [-0.4, -0.2) is 27.7 Å². The topological polar surface area (TPSA) is 114 Å². The van der Waals surface area contributed by atoms with Gasteiger partial charge in [0.1, 0.15) is 12.6 Å². The van der Waals surface area contributed by atoms with Gasteiger partial charge in [-0.3, -0.25) is 9.59 Å². The largest absolute Gasteiger partial charge is 0.412 e. The summed E-state index contributed by atoms with van der Waals surface area (Å²) >= 11 is 1.70. The van der Waals surface area contributed by atoms with Crippen molar-refractivity contribution in [2.75, 3.05) is 0 Å². The molecule has 0 aliphatic carbocycles. The predicted octanol–water partition coefficient (Wildman–Crippen LogP) is 5.28. The molecule has 0 saturated heterocycles. The van der Waals surface area contributed by atoms with E-state index in [9.17, 15) is 13.8 Å². The van der Waals surface area contributed by atoms with Crippen LogP contribution in [-0.2, 0) is 10.8 Å². The Balaban J connectivity index is 0.000000332. The van der Waals surface area contributed by atoms with Crippen molar-refractivity contribution in [2.45, 2.75) is 33.4 Å². The highest BCUT2D eigenvalue weighted by Gasteiger charge is 2.06. The summed E-state index contributed by atoms with van der Waals surface area (Å²) in [6.45, 7) is 4.07. The molecule has 7 heteroatoms. The highest BCUT2D eigenvalue weighted by Crippen LogP contribution is 2.27. The monoisotopic (exact) mass is 508 g/mol. The van der Waals surface area contributed by atoms with Gasteiger partial charge in [0.25, 0.3) is 0 Å². The van der Waals surface area contributed by atoms with E-state index < -0.39 is 10.8 Å². The van der Waals surface area contributed by atoms with E-state index in [4.69, 9.17) is 0 Å². The minimum absolute atomic E-state index is 0. The Morgan fingerprint density at radius 1 is 0.543 bits per heavy atom. The van der Waals surface area contributed by atoms with Crippen LogP contribution in [0.4, 0.5) is 0 Å². The van der Waals surface area contributed by atoms with Crippen molar-refractivity contribution in [3.8, 4) is 0 Å². The second-order valence-electron chi connectivity index (χ2n) is 7.37. The lowest BCUT2D eigenvalue weighted by molar-refractivity contribution is 0.111. The molecule has 0 heterocycles.